The molecule has 0 aliphatic carbocycles. The summed E-state index contributed by atoms with van der Waals surface area (Å²) in [7, 11) is 3.77. The van der Waals surface area contributed by atoms with Gasteiger partial charge in [0.1, 0.15) is 0 Å². The first-order valence-electron chi connectivity index (χ1n) is 3.22. The Labute approximate surface area is 62.4 Å². The van der Waals surface area contributed by atoms with Gasteiger partial charge in [0.25, 0.3) is 0 Å². The normalized spacial score (nSPS) is 11.3. The fraction of sp³-hybridized carbons (Fsp3) is 0.571. The van der Waals surface area contributed by atoms with E-state index in [4.69, 9.17) is 0 Å². The third-order valence-corrected chi connectivity index (χ3v) is 1.09. The molecule has 58 valence electrons. The Morgan fingerprint density at radius 1 is 1.80 bits per heavy atom. The number of nitrogens with zero attached hydrogens (tertiary/aromatic N) is 2. The minimum atomic E-state index is 0.889. The standard InChI is InChI=1S/C7H15N3/c1-7(5-8-2)6-10(4)9-3/h6,8H,3,5H2,1-2,4H3/b7-6+. The van der Waals surface area contributed by atoms with Crippen LogP contribution in [0.1, 0.15) is 6.92 Å². The van der Waals surface area contributed by atoms with E-state index < -0.39 is 0 Å². The Kier molecular flexibility index (Phi) is 4.58. The lowest BCUT2D eigenvalue weighted by molar-refractivity contribution is 0.489. The molecule has 0 saturated heterocycles. The molecule has 0 saturated carbocycles. The maximum absolute atomic E-state index is 3.69. The van der Waals surface area contributed by atoms with Crippen LogP contribution < -0.4 is 5.32 Å². The first kappa shape index (κ1) is 9.17. The molecule has 0 spiro atoms. The van der Waals surface area contributed by atoms with E-state index in [1.807, 2.05) is 27.2 Å². The Hall–Kier alpha value is -0.830. The quantitative estimate of drug-likeness (QED) is 0.460. The van der Waals surface area contributed by atoms with Gasteiger partial charge in [-0.05, 0) is 19.5 Å². The number of hydrogen-bond acceptors (Lipinski definition) is 3. The average Bonchev–Trinajstić information content (AvgIpc) is 1.88. The van der Waals surface area contributed by atoms with Crippen LogP contribution in [-0.4, -0.2) is 32.4 Å². The van der Waals surface area contributed by atoms with Crippen molar-refractivity contribution in [2.45, 2.75) is 6.92 Å². The van der Waals surface area contributed by atoms with Crippen LogP contribution in [-0.2, 0) is 0 Å². The molecule has 0 aliphatic heterocycles. The van der Waals surface area contributed by atoms with Gasteiger partial charge in [0.15, 0.2) is 0 Å². The van der Waals surface area contributed by atoms with E-state index in [-0.39, 0.29) is 0 Å². The minimum Gasteiger partial charge on any atom is -0.316 e. The van der Waals surface area contributed by atoms with Crippen LogP contribution in [0.4, 0.5) is 0 Å². The molecule has 0 rings (SSSR count). The minimum absolute atomic E-state index is 0.889. The van der Waals surface area contributed by atoms with Gasteiger partial charge >= 0.3 is 0 Å². The number of likely N-dealkylation sites (N-methyl/N-ethyl adjacent to an activating group) is 1. The molecule has 0 aromatic heterocycles. The molecule has 0 bridgehead atoms. The van der Waals surface area contributed by atoms with Crippen molar-refractivity contribution in [2.75, 3.05) is 20.6 Å². The Morgan fingerprint density at radius 2 is 2.40 bits per heavy atom. The van der Waals surface area contributed by atoms with Gasteiger partial charge in [-0.3, -0.25) is 5.01 Å². The largest absolute Gasteiger partial charge is 0.316 e. The zero-order valence-electron chi connectivity index (χ0n) is 6.89. The third kappa shape index (κ3) is 4.09. The van der Waals surface area contributed by atoms with Gasteiger partial charge < -0.3 is 5.32 Å². The van der Waals surface area contributed by atoms with Crippen molar-refractivity contribution in [1.82, 2.24) is 10.3 Å². The lowest BCUT2D eigenvalue weighted by atomic mass is 10.3. The highest BCUT2D eigenvalue weighted by atomic mass is 15.4. The first-order chi connectivity index (χ1) is 4.70. The van der Waals surface area contributed by atoms with Gasteiger partial charge in [0.05, 0.1) is 0 Å². The smallest absolute Gasteiger partial charge is 0.0296 e. The summed E-state index contributed by atoms with van der Waals surface area (Å²) in [6, 6.07) is 0. The second kappa shape index (κ2) is 4.99. The zero-order chi connectivity index (χ0) is 7.98. The molecular weight excluding hydrogens is 126 g/mol. The van der Waals surface area contributed by atoms with Crippen LogP contribution in [0.25, 0.3) is 0 Å². The Morgan fingerprint density at radius 3 is 2.80 bits per heavy atom. The number of rotatable bonds is 4. The molecular formula is C7H15N3. The van der Waals surface area contributed by atoms with Crippen molar-refractivity contribution >= 4 is 6.72 Å². The summed E-state index contributed by atoms with van der Waals surface area (Å²) < 4.78 is 0. The predicted octanol–water partition coefficient (Wildman–Crippen LogP) is 0.657. The molecule has 0 unspecified atom stereocenters. The third-order valence-electron chi connectivity index (χ3n) is 1.09. The number of nitrogens with one attached hydrogen (secondary N) is 1. The summed E-state index contributed by atoms with van der Waals surface area (Å²) in [6.07, 6.45) is 1.93. The fourth-order valence-corrected chi connectivity index (χ4v) is 0.684. The van der Waals surface area contributed by atoms with Crippen LogP contribution in [0.2, 0.25) is 0 Å². The zero-order valence-corrected chi connectivity index (χ0v) is 6.89. The molecule has 3 nitrogen and oxygen atoms in total. The molecule has 3 heteroatoms. The molecule has 0 aromatic rings. The van der Waals surface area contributed by atoms with Crippen molar-refractivity contribution in [3.63, 3.8) is 0 Å². The van der Waals surface area contributed by atoms with E-state index in [1.165, 1.54) is 5.57 Å². The van der Waals surface area contributed by atoms with Gasteiger partial charge in [-0.1, -0.05) is 0 Å². The summed E-state index contributed by atoms with van der Waals surface area (Å²) in [6.45, 7) is 6.31. The fourth-order valence-electron chi connectivity index (χ4n) is 0.684. The molecule has 1 N–H and O–H groups in total. The molecule has 0 atom stereocenters. The molecule has 0 aromatic carbocycles. The van der Waals surface area contributed by atoms with Gasteiger partial charge in [0, 0.05) is 26.5 Å². The van der Waals surface area contributed by atoms with E-state index in [0.717, 1.165) is 6.54 Å². The van der Waals surface area contributed by atoms with E-state index in [1.54, 1.807) is 5.01 Å². The average molecular weight is 141 g/mol. The molecule has 10 heavy (non-hydrogen) atoms. The lowest BCUT2D eigenvalue weighted by Crippen LogP contribution is -2.11. The molecule has 0 heterocycles. The Balaban J connectivity index is 3.76. The molecule has 0 aliphatic rings. The van der Waals surface area contributed by atoms with Gasteiger partial charge in [0.2, 0.25) is 0 Å². The Bertz CT molecular complexity index is 129. The summed E-state index contributed by atoms with van der Waals surface area (Å²) in [5, 5.41) is 8.42. The molecule has 0 radical (unpaired) electrons. The summed E-state index contributed by atoms with van der Waals surface area (Å²) in [5.74, 6) is 0. The number of hydrazone groups is 1. The topological polar surface area (TPSA) is 27.6 Å². The highest BCUT2D eigenvalue weighted by molar-refractivity contribution is 5.22. The van der Waals surface area contributed by atoms with Gasteiger partial charge in [-0.15, -0.1) is 0 Å². The van der Waals surface area contributed by atoms with Crippen LogP contribution in [0.5, 0.6) is 0 Å². The number of hydrogen-bond donors (Lipinski definition) is 1. The van der Waals surface area contributed by atoms with Crippen LogP contribution in [0.15, 0.2) is 16.9 Å². The highest BCUT2D eigenvalue weighted by Crippen LogP contribution is 1.92. The maximum Gasteiger partial charge on any atom is 0.0296 e. The summed E-state index contributed by atoms with van der Waals surface area (Å²) in [4.78, 5) is 0. The van der Waals surface area contributed by atoms with E-state index >= 15 is 0 Å². The summed E-state index contributed by atoms with van der Waals surface area (Å²) in [5.41, 5.74) is 1.23. The lowest BCUT2D eigenvalue weighted by Gasteiger charge is -2.06. The van der Waals surface area contributed by atoms with Gasteiger partial charge in [-0.2, -0.15) is 5.10 Å². The first-order valence-corrected chi connectivity index (χ1v) is 3.22. The van der Waals surface area contributed by atoms with Crippen molar-refractivity contribution in [3.8, 4) is 0 Å². The molecule has 0 fully saturated rings. The van der Waals surface area contributed by atoms with Crippen molar-refractivity contribution < 1.29 is 0 Å². The summed E-state index contributed by atoms with van der Waals surface area (Å²) >= 11 is 0. The van der Waals surface area contributed by atoms with Crippen molar-refractivity contribution in [3.05, 3.63) is 11.8 Å². The van der Waals surface area contributed by atoms with Gasteiger partial charge in [-0.25, -0.2) is 0 Å². The van der Waals surface area contributed by atoms with Crippen molar-refractivity contribution in [1.29, 1.82) is 0 Å². The monoisotopic (exact) mass is 141 g/mol. The molecule has 0 amide bonds. The van der Waals surface area contributed by atoms with E-state index in [2.05, 4.69) is 17.1 Å². The van der Waals surface area contributed by atoms with Crippen LogP contribution in [0, 0.1) is 0 Å². The highest BCUT2D eigenvalue weighted by Gasteiger charge is 1.87. The van der Waals surface area contributed by atoms with Crippen LogP contribution in [0.3, 0.4) is 0 Å². The second-order valence-electron chi connectivity index (χ2n) is 2.22. The van der Waals surface area contributed by atoms with E-state index in [9.17, 15) is 0 Å². The van der Waals surface area contributed by atoms with Crippen LogP contribution >= 0.6 is 0 Å². The van der Waals surface area contributed by atoms with Crippen molar-refractivity contribution in [2.24, 2.45) is 5.10 Å². The van der Waals surface area contributed by atoms with E-state index in [0.29, 0.717) is 0 Å². The predicted molar refractivity (Wildman–Crippen MR) is 45.0 cm³/mol. The SMILES string of the molecule is C=NN(C)/C=C(\C)CNC. The maximum atomic E-state index is 3.69. The second-order valence-corrected chi connectivity index (χ2v) is 2.22.